The highest BCUT2D eigenvalue weighted by atomic mass is 19.1. The predicted molar refractivity (Wildman–Crippen MR) is 70.8 cm³/mol. The molecule has 0 saturated carbocycles. The van der Waals surface area contributed by atoms with E-state index in [1.807, 2.05) is 27.7 Å². The first-order valence-corrected chi connectivity index (χ1v) is 6.44. The van der Waals surface area contributed by atoms with E-state index in [9.17, 15) is 9.18 Å². The fourth-order valence-corrected chi connectivity index (χ4v) is 2.12. The minimum Gasteiger partial charge on any atom is -0.443 e. The predicted octanol–water partition coefficient (Wildman–Crippen LogP) is 3.47. The fraction of sp³-hybridized carbons (Fsp3) is 0.571. The summed E-state index contributed by atoms with van der Waals surface area (Å²) in [5.74, 6) is -0.226. The first kappa shape index (κ1) is 13.8. The molecule has 1 atom stereocenters. The number of nitrogens with zero attached hydrogens (tertiary/aromatic N) is 2. The van der Waals surface area contributed by atoms with Gasteiger partial charge in [-0.2, -0.15) is 0 Å². The van der Waals surface area contributed by atoms with Gasteiger partial charge in [0.15, 0.2) is 0 Å². The van der Waals surface area contributed by atoms with Gasteiger partial charge in [-0.25, -0.2) is 9.18 Å². The molecule has 1 aliphatic rings. The van der Waals surface area contributed by atoms with Crippen LogP contribution in [0.2, 0.25) is 0 Å². The van der Waals surface area contributed by atoms with E-state index in [-0.39, 0.29) is 5.92 Å². The summed E-state index contributed by atoms with van der Waals surface area (Å²) in [6.07, 6.45) is 1.53. The zero-order chi connectivity index (χ0) is 14.2. The maximum atomic E-state index is 13.4. The highest BCUT2D eigenvalue weighted by molar-refractivity contribution is 5.89. The van der Waals surface area contributed by atoms with E-state index in [0.29, 0.717) is 12.2 Å². The largest absolute Gasteiger partial charge is 0.443 e. The second-order valence-electron chi connectivity index (χ2n) is 5.88. The molecule has 2 heterocycles. The molecule has 0 spiro atoms. The van der Waals surface area contributed by atoms with Crippen molar-refractivity contribution >= 4 is 11.8 Å². The second kappa shape index (κ2) is 4.79. The summed E-state index contributed by atoms with van der Waals surface area (Å²) >= 11 is 0. The van der Waals surface area contributed by atoms with E-state index in [1.54, 1.807) is 0 Å². The van der Waals surface area contributed by atoms with Crippen molar-refractivity contribution in [2.24, 2.45) is 0 Å². The Kier molecular flexibility index (Phi) is 3.47. The third-order valence-electron chi connectivity index (χ3n) is 3.02. The molecule has 19 heavy (non-hydrogen) atoms. The number of carbonyl (C=O) groups is 1. The Hall–Kier alpha value is -1.65. The van der Waals surface area contributed by atoms with E-state index < -0.39 is 17.5 Å². The van der Waals surface area contributed by atoms with Gasteiger partial charge in [0.1, 0.15) is 11.4 Å². The van der Waals surface area contributed by atoms with Gasteiger partial charge in [-0.15, -0.1) is 0 Å². The van der Waals surface area contributed by atoms with E-state index >= 15 is 0 Å². The second-order valence-corrected chi connectivity index (χ2v) is 5.88. The van der Waals surface area contributed by atoms with Crippen molar-refractivity contribution in [3.05, 3.63) is 23.8 Å². The molecule has 0 aliphatic carbocycles. The van der Waals surface area contributed by atoms with Gasteiger partial charge in [-0.05, 0) is 27.2 Å². The average Bonchev–Trinajstić information content (AvgIpc) is 2.26. The topological polar surface area (TPSA) is 42.4 Å². The highest BCUT2D eigenvalue weighted by Gasteiger charge is 2.31. The van der Waals surface area contributed by atoms with Crippen LogP contribution in [0, 0.1) is 5.82 Å². The molecule has 1 aromatic heterocycles. The Labute approximate surface area is 112 Å². The Balaban J connectivity index is 2.32. The molecule has 0 fully saturated rings. The zero-order valence-electron chi connectivity index (χ0n) is 11.7. The van der Waals surface area contributed by atoms with E-state index in [4.69, 9.17) is 4.74 Å². The lowest BCUT2D eigenvalue weighted by molar-refractivity contribution is 0.0576. The van der Waals surface area contributed by atoms with Crippen molar-refractivity contribution in [3.8, 4) is 0 Å². The minimum absolute atomic E-state index is 0.217. The Morgan fingerprint density at radius 2 is 2.21 bits per heavy atom. The monoisotopic (exact) mass is 266 g/mol. The fourth-order valence-electron chi connectivity index (χ4n) is 2.12. The van der Waals surface area contributed by atoms with Crippen LogP contribution < -0.4 is 4.90 Å². The summed E-state index contributed by atoms with van der Waals surface area (Å²) in [5.41, 5.74) is 0.702. The minimum atomic E-state index is -0.568. The summed E-state index contributed by atoms with van der Waals surface area (Å²) in [4.78, 5) is 17.7. The molecule has 5 heteroatoms. The number of rotatable bonds is 0. The highest BCUT2D eigenvalue weighted by Crippen LogP contribution is 2.34. The van der Waals surface area contributed by atoms with Gasteiger partial charge in [0.05, 0.1) is 17.6 Å². The molecule has 1 amide bonds. The summed E-state index contributed by atoms with van der Waals surface area (Å²) < 4.78 is 18.7. The maximum absolute atomic E-state index is 13.4. The number of pyridine rings is 1. The van der Waals surface area contributed by atoms with Gasteiger partial charge >= 0.3 is 6.09 Å². The van der Waals surface area contributed by atoms with Gasteiger partial charge < -0.3 is 4.74 Å². The van der Waals surface area contributed by atoms with Gasteiger partial charge in [0.25, 0.3) is 0 Å². The molecule has 2 rings (SSSR count). The number of anilines is 1. The first-order valence-electron chi connectivity index (χ1n) is 6.44. The number of carbonyl (C=O) groups excluding carboxylic acids is 1. The smallest absolute Gasteiger partial charge is 0.414 e. The third-order valence-corrected chi connectivity index (χ3v) is 3.02. The van der Waals surface area contributed by atoms with Gasteiger partial charge in [-0.3, -0.25) is 9.88 Å². The van der Waals surface area contributed by atoms with Crippen molar-refractivity contribution in [2.75, 3.05) is 11.4 Å². The maximum Gasteiger partial charge on any atom is 0.414 e. The van der Waals surface area contributed by atoms with Crippen LogP contribution in [0.5, 0.6) is 0 Å². The zero-order valence-corrected chi connectivity index (χ0v) is 11.7. The standard InChI is InChI=1S/C14H19FN2O2/c1-9-5-6-17(13(18)19-14(2,3)4)11-7-10(15)8-16-12(9)11/h7-9H,5-6H2,1-4H3. The Bertz CT molecular complexity index is 497. The molecule has 0 N–H and O–H groups in total. The number of hydrogen-bond acceptors (Lipinski definition) is 3. The summed E-state index contributed by atoms with van der Waals surface area (Å²) in [6.45, 7) is 7.97. The van der Waals surface area contributed by atoms with Gasteiger partial charge in [0.2, 0.25) is 0 Å². The van der Waals surface area contributed by atoms with Crippen molar-refractivity contribution in [1.82, 2.24) is 4.98 Å². The molecule has 4 nitrogen and oxygen atoms in total. The van der Waals surface area contributed by atoms with Crippen LogP contribution in [0.15, 0.2) is 12.3 Å². The SMILES string of the molecule is CC1CCN(C(=O)OC(C)(C)C)c2cc(F)cnc21. The van der Waals surface area contributed by atoms with Crippen LogP contribution in [-0.2, 0) is 4.74 Å². The van der Waals surface area contributed by atoms with E-state index in [0.717, 1.165) is 12.1 Å². The molecule has 0 bridgehead atoms. The molecular formula is C14H19FN2O2. The molecule has 0 saturated heterocycles. The summed E-state index contributed by atoms with van der Waals surface area (Å²) in [6, 6.07) is 1.35. The van der Waals surface area contributed by atoms with Crippen LogP contribution >= 0.6 is 0 Å². The molecular weight excluding hydrogens is 247 g/mol. The van der Waals surface area contributed by atoms with E-state index in [1.165, 1.54) is 17.2 Å². The number of ether oxygens (including phenoxy) is 1. The lowest BCUT2D eigenvalue weighted by Gasteiger charge is -2.33. The first-order chi connectivity index (χ1) is 8.78. The van der Waals surface area contributed by atoms with Crippen LogP contribution in [0.4, 0.5) is 14.9 Å². The molecule has 0 aromatic carbocycles. The molecule has 104 valence electrons. The van der Waals surface area contributed by atoms with Crippen molar-refractivity contribution in [3.63, 3.8) is 0 Å². The molecule has 1 aromatic rings. The quantitative estimate of drug-likeness (QED) is 0.722. The Morgan fingerprint density at radius 3 is 2.84 bits per heavy atom. The lowest BCUT2D eigenvalue weighted by atomic mass is 9.97. The number of halogens is 1. The van der Waals surface area contributed by atoms with Crippen molar-refractivity contribution in [2.45, 2.75) is 45.6 Å². The normalized spacial score (nSPS) is 19.0. The van der Waals surface area contributed by atoms with Crippen LogP contribution in [-0.4, -0.2) is 23.2 Å². The number of fused-ring (bicyclic) bond motifs is 1. The van der Waals surface area contributed by atoms with Crippen LogP contribution in [0.1, 0.15) is 45.7 Å². The van der Waals surface area contributed by atoms with Crippen molar-refractivity contribution in [1.29, 1.82) is 0 Å². The van der Waals surface area contributed by atoms with Crippen LogP contribution in [0.25, 0.3) is 0 Å². The Morgan fingerprint density at radius 1 is 1.53 bits per heavy atom. The van der Waals surface area contributed by atoms with Gasteiger partial charge in [0, 0.05) is 18.5 Å². The summed E-state index contributed by atoms with van der Waals surface area (Å²) in [5, 5.41) is 0. The number of aromatic nitrogens is 1. The van der Waals surface area contributed by atoms with Crippen LogP contribution in [0.3, 0.4) is 0 Å². The number of amides is 1. The number of hydrogen-bond donors (Lipinski definition) is 0. The van der Waals surface area contributed by atoms with E-state index in [2.05, 4.69) is 4.98 Å². The molecule has 1 unspecified atom stereocenters. The summed E-state index contributed by atoms with van der Waals surface area (Å²) in [7, 11) is 0. The van der Waals surface area contributed by atoms with Crippen molar-refractivity contribution < 1.29 is 13.9 Å². The average molecular weight is 266 g/mol. The molecule has 1 aliphatic heterocycles. The third kappa shape index (κ3) is 3.03. The lowest BCUT2D eigenvalue weighted by Crippen LogP contribution is -2.40. The van der Waals surface area contributed by atoms with Gasteiger partial charge in [-0.1, -0.05) is 6.92 Å². The molecule has 0 radical (unpaired) electrons.